The molecule has 44 valence electrons. The van der Waals surface area contributed by atoms with Gasteiger partial charge >= 0.3 is 65.1 Å². The van der Waals surface area contributed by atoms with Crippen molar-refractivity contribution in [3.8, 4) is 0 Å². The van der Waals surface area contributed by atoms with Crippen molar-refractivity contribution in [1.82, 2.24) is 0 Å². The van der Waals surface area contributed by atoms with Gasteiger partial charge in [0.05, 0.1) is 0 Å². The maximum atomic E-state index is 9.87. The van der Waals surface area contributed by atoms with Crippen molar-refractivity contribution in [2.45, 2.75) is 13.3 Å². The molecule has 5 heteroatoms. The standard InChI is InChI=1S/C4H6O3.2Na.2H/c1-3(5)2-4(6)7;;;;/h2H2,1H3,(H,6,7);;;;. The molecule has 0 aromatic heterocycles. The van der Waals surface area contributed by atoms with Gasteiger partial charge in [-0.1, -0.05) is 0 Å². The van der Waals surface area contributed by atoms with Crippen molar-refractivity contribution in [1.29, 1.82) is 0 Å². The van der Waals surface area contributed by atoms with E-state index in [2.05, 4.69) is 0 Å². The fourth-order valence-electron chi connectivity index (χ4n) is 0.213. The van der Waals surface area contributed by atoms with Gasteiger partial charge in [0.25, 0.3) is 0 Å². The Morgan fingerprint density at radius 1 is 1.33 bits per heavy atom. The first-order chi connectivity index (χ1) is 3.13. The molecule has 0 fully saturated rings. The number of carboxylic acid groups (broad SMARTS) is 1. The molecule has 3 nitrogen and oxygen atoms in total. The van der Waals surface area contributed by atoms with E-state index in [9.17, 15) is 9.59 Å². The Morgan fingerprint density at radius 2 is 1.67 bits per heavy atom. The minimum absolute atomic E-state index is 0. The Kier molecular flexibility index (Phi) is 16.9. The molecular weight excluding hydrogens is 142 g/mol. The van der Waals surface area contributed by atoms with Crippen molar-refractivity contribution in [3.05, 3.63) is 0 Å². The summed E-state index contributed by atoms with van der Waals surface area (Å²) in [6, 6.07) is 0. The third-order valence-corrected chi connectivity index (χ3v) is 0.400. The summed E-state index contributed by atoms with van der Waals surface area (Å²) in [6.07, 6.45) is -0.361. The molecule has 0 saturated heterocycles. The molecule has 0 rings (SSSR count). The summed E-state index contributed by atoms with van der Waals surface area (Å²) >= 11 is 0. The Hall–Kier alpha value is 1.14. The molecule has 0 aliphatic rings. The summed E-state index contributed by atoms with van der Waals surface area (Å²) in [5, 5.41) is 7.86. The Bertz CT molecular complexity index is 90.0. The molecular formula is C4H8Na2O3. The monoisotopic (exact) mass is 150 g/mol. The topological polar surface area (TPSA) is 54.4 Å². The third kappa shape index (κ3) is 17.6. The van der Waals surface area contributed by atoms with E-state index in [1.54, 1.807) is 0 Å². The van der Waals surface area contributed by atoms with Gasteiger partial charge in [0, 0.05) is 0 Å². The van der Waals surface area contributed by atoms with Crippen molar-refractivity contribution in [2.75, 3.05) is 0 Å². The van der Waals surface area contributed by atoms with Crippen molar-refractivity contribution >= 4 is 70.9 Å². The molecule has 0 spiro atoms. The second-order valence-corrected chi connectivity index (χ2v) is 1.27. The van der Waals surface area contributed by atoms with Gasteiger partial charge in [-0.2, -0.15) is 0 Å². The average Bonchev–Trinajstić information content (AvgIpc) is 1.27. The second kappa shape index (κ2) is 9.14. The van der Waals surface area contributed by atoms with E-state index in [1.807, 2.05) is 0 Å². The fraction of sp³-hybridized carbons (Fsp3) is 0.500. The number of carbonyl (C=O) groups excluding carboxylic acids is 1. The van der Waals surface area contributed by atoms with Crippen LogP contribution in [0, 0.1) is 0 Å². The first kappa shape index (κ1) is 16.6. The van der Waals surface area contributed by atoms with Gasteiger partial charge in [-0.3, -0.25) is 9.59 Å². The first-order valence-corrected chi connectivity index (χ1v) is 1.84. The molecule has 0 atom stereocenters. The van der Waals surface area contributed by atoms with E-state index < -0.39 is 5.97 Å². The predicted octanol–water partition coefficient (Wildman–Crippen LogP) is -1.25. The van der Waals surface area contributed by atoms with E-state index in [1.165, 1.54) is 6.92 Å². The second-order valence-electron chi connectivity index (χ2n) is 1.27. The average molecular weight is 150 g/mol. The number of aliphatic carboxylic acids is 1. The number of carboxylic acids is 1. The van der Waals surface area contributed by atoms with Gasteiger partial charge in [-0.25, -0.2) is 0 Å². The first-order valence-electron chi connectivity index (χ1n) is 1.84. The Labute approximate surface area is 97.8 Å². The van der Waals surface area contributed by atoms with Crippen LogP contribution < -0.4 is 0 Å². The quantitative estimate of drug-likeness (QED) is 0.395. The zero-order chi connectivity index (χ0) is 5.86. The van der Waals surface area contributed by atoms with E-state index >= 15 is 0 Å². The van der Waals surface area contributed by atoms with Gasteiger partial charge in [0.15, 0.2) is 0 Å². The van der Waals surface area contributed by atoms with Crippen LogP contribution in [0.2, 0.25) is 0 Å². The van der Waals surface area contributed by atoms with Crippen LogP contribution in [0.25, 0.3) is 0 Å². The summed E-state index contributed by atoms with van der Waals surface area (Å²) in [5.41, 5.74) is 0. The predicted molar refractivity (Wildman–Crippen MR) is 37.2 cm³/mol. The van der Waals surface area contributed by atoms with Gasteiger partial charge in [-0.15, -0.1) is 0 Å². The van der Waals surface area contributed by atoms with Crippen LogP contribution >= 0.6 is 0 Å². The van der Waals surface area contributed by atoms with Crippen molar-refractivity contribution in [3.63, 3.8) is 0 Å². The molecule has 0 radical (unpaired) electrons. The number of Topliss-reactive ketones (excluding diaryl/α,β-unsaturated/α-hetero) is 1. The summed E-state index contributed by atoms with van der Waals surface area (Å²) in [4.78, 5) is 19.5. The number of ketones is 1. The van der Waals surface area contributed by atoms with Gasteiger partial charge in [-0.05, 0) is 6.92 Å². The summed E-state index contributed by atoms with van der Waals surface area (Å²) < 4.78 is 0. The van der Waals surface area contributed by atoms with Crippen LogP contribution in [-0.2, 0) is 9.59 Å². The van der Waals surface area contributed by atoms with Crippen LogP contribution in [0.5, 0.6) is 0 Å². The van der Waals surface area contributed by atoms with Gasteiger partial charge in [0.2, 0.25) is 0 Å². The molecule has 0 saturated carbocycles. The molecule has 0 amide bonds. The van der Waals surface area contributed by atoms with Crippen LogP contribution in [0.3, 0.4) is 0 Å². The molecule has 1 N–H and O–H groups in total. The molecule has 0 aromatic carbocycles. The summed E-state index contributed by atoms with van der Waals surface area (Å²) in [5.74, 6) is -1.37. The molecule has 0 aliphatic carbocycles. The van der Waals surface area contributed by atoms with Crippen LogP contribution in [0.4, 0.5) is 0 Å². The minimum atomic E-state index is -1.06. The Morgan fingerprint density at radius 3 is 1.67 bits per heavy atom. The normalized spacial score (nSPS) is 6.33. The van der Waals surface area contributed by atoms with Gasteiger partial charge < -0.3 is 5.11 Å². The molecule has 0 heterocycles. The molecule has 0 bridgehead atoms. The van der Waals surface area contributed by atoms with Crippen LogP contribution in [0.1, 0.15) is 13.3 Å². The van der Waals surface area contributed by atoms with Crippen molar-refractivity contribution < 1.29 is 14.7 Å². The van der Waals surface area contributed by atoms with E-state index in [4.69, 9.17) is 5.11 Å². The third-order valence-electron chi connectivity index (χ3n) is 0.400. The molecule has 0 unspecified atom stereocenters. The fourth-order valence-corrected chi connectivity index (χ4v) is 0.213. The maximum absolute atomic E-state index is 9.87. The van der Waals surface area contributed by atoms with Crippen LogP contribution in [0.15, 0.2) is 0 Å². The van der Waals surface area contributed by atoms with Gasteiger partial charge in [0.1, 0.15) is 12.2 Å². The Balaban J connectivity index is -0.000000180. The van der Waals surface area contributed by atoms with Crippen LogP contribution in [-0.4, -0.2) is 76.0 Å². The van der Waals surface area contributed by atoms with E-state index in [0.717, 1.165) is 0 Å². The van der Waals surface area contributed by atoms with E-state index in [-0.39, 0.29) is 71.3 Å². The molecule has 9 heavy (non-hydrogen) atoms. The summed E-state index contributed by atoms with van der Waals surface area (Å²) in [7, 11) is 0. The number of hydrogen-bond acceptors (Lipinski definition) is 2. The number of rotatable bonds is 2. The number of carbonyl (C=O) groups is 2. The summed E-state index contributed by atoms with van der Waals surface area (Å²) in [6.45, 7) is 1.24. The molecule has 0 aliphatic heterocycles. The van der Waals surface area contributed by atoms with E-state index in [0.29, 0.717) is 0 Å². The number of hydrogen-bond donors (Lipinski definition) is 1. The zero-order valence-corrected chi connectivity index (χ0v) is 3.97. The molecule has 0 aromatic rings. The van der Waals surface area contributed by atoms with Crippen molar-refractivity contribution in [2.24, 2.45) is 0 Å². The SMILES string of the molecule is CC(=O)CC(=O)O.[NaH].[NaH]. The zero-order valence-electron chi connectivity index (χ0n) is 3.97.